The number of aryl methyl sites for hydroxylation is 1. The Hall–Kier alpha value is -2.14. The number of anilines is 1. The Balaban J connectivity index is 2.18. The summed E-state index contributed by atoms with van der Waals surface area (Å²) in [5, 5.41) is 14.2. The number of rotatable bonds is 4. The Morgan fingerprint density at radius 1 is 1.30 bits per heavy atom. The predicted octanol–water partition coefficient (Wildman–Crippen LogP) is 4.31. The van der Waals surface area contributed by atoms with Crippen LogP contribution in [0.5, 0.6) is 0 Å². The first-order valence-corrected chi connectivity index (χ1v) is 6.28. The summed E-state index contributed by atoms with van der Waals surface area (Å²) in [4.78, 5) is 10.1. The second kappa shape index (κ2) is 5.88. The van der Waals surface area contributed by atoms with Crippen molar-refractivity contribution in [2.75, 3.05) is 5.32 Å². The SMILES string of the molecule is Cc1cc(Cl)ccc1CNc1cc([N+](=O)[O-])ccc1F. The van der Waals surface area contributed by atoms with E-state index in [4.69, 9.17) is 11.6 Å². The maximum atomic E-state index is 13.6. The van der Waals surface area contributed by atoms with Gasteiger partial charge in [0.1, 0.15) is 5.82 Å². The normalized spacial score (nSPS) is 10.3. The lowest BCUT2D eigenvalue weighted by Gasteiger charge is -2.10. The maximum absolute atomic E-state index is 13.6. The second-order valence-electron chi connectivity index (χ2n) is 4.35. The number of nitro groups is 1. The average molecular weight is 295 g/mol. The number of hydrogen-bond acceptors (Lipinski definition) is 3. The Labute approximate surface area is 120 Å². The van der Waals surface area contributed by atoms with Crippen molar-refractivity contribution in [2.24, 2.45) is 0 Å². The third-order valence-electron chi connectivity index (χ3n) is 2.93. The highest BCUT2D eigenvalue weighted by molar-refractivity contribution is 6.30. The van der Waals surface area contributed by atoms with Crippen molar-refractivity contribution in [3.05, 3.63) is 68.5 Å². The van der Waals surface area contributed by atoms with E-state index in [2.05, 4.69) is 5.32 Å². The van der Waals surface area contributed by atoms with E-state index in [0.29, 0.717) is 11.6 Å². The van der Waals surface area contributed by atoms with E-state index in [0.717, 1.165) is 23.3 Å². The van der Waals surface area contributed by atoms with Crippen LogP contribution in [0.25, 0.3) is 0 Å². The highest BCUT2D eigenvalue weighted by Gasteiger charge is 2.10. The molecule has 0 aliphatic carbocycles. The van der Waals surface area contributed by atoms with Crippen LogP contribution < -0.4 is 5.32 Å². The van der Waals surface area contributed by atoms with Gasteiger partial charge in [-0.05, 0) is 36.2 Å². The third-order valence-corrected chi connectivity index (χ3v) is 3.17. The predicted molar refractivity (Wildman–Crippen MR) is 76.6 cm³/mol. The van der Waals surface area contributed by atoms with E-state index in [1.54, 1.807) is 6.07 Å². The summed E-state index contributed by atoms with van der Waals surface area (Å²) in [6.45, 7) is 2.26. The van der Waals surface area contributed by atoms with Gasteiger partial charge in [0.2, 0.25) is 0 Å². The monoisotopic (exact) mass is 294 g/mol. The molecule has 0 aliphatic heterocycles. The van der Waals surface area contributed by atoms with Crippen LogP contribution >= 0.6 is 11.6 Å². The summed E-state index contributed by atoms with van der Waals surface area (Å²) in [6, 6.07) is 8.78. The van der Waals surface area contributed by atoms with Crippen LogP contribution in [-0.2, 0) is 6.54 Å². The van der Waals surface area contributed by atoms with Crippen molar-refractivity contribution < 1.29 is 9.31 Å². The molecule has 0 aliphatic rings. The lowest BCUT2D eigenvalue weighted by atomic mass is 10.1. The highest BCUT2D eigenvalue weighted by atomic mass is 35.5. The van der Waals surface area contributed by atoms with Crippen molar-refractivity contribution in [2.45, 2.75) is 13.5 Å². The molecule has 0 heterocycles. The molecule has 2 aromatic rings. The number of nitrogens with one attached hydrogen (secondary N) is 1. The lowest BCUT2D eigenvalue weighted by Crippen LogP contribution is -2.03. The molecule has 0 spiro atoms. The summed E-state index contributed by atoms with van der Waals surface area (Å²) >= 11 is 5.86. The molecular formula is C14H12ClFN2O2. The Morgan fingerprint density at radius 2 is 2.05 bits per heavy atom. The molecule has 1 N–H and O–H groups in total. The van der Waals surface area contributed by atoms with Crippen LogP contribution in [0.1, 0.15) is 11.1 Å². The smallest absolute Gasteiger partial charge is 0.271 e. The molecule has 0 saturated heterocycles. The first kappa shape index (κ1) is 14.3. The zero-order chi connectivity index (χ0) is 14.7. The van der Waals surface area contributed by atoms with Gasteiger partial charge in [-0.1, -0.05) is 17.7 Å². The number of hydrogen-bond donors (Lipinski definition) is 1. The molecule has 0 bridgehead atoms. The van der Waals surface area contributed by atoms with Gasteiger partial charge in [-0.2, -0.15) is 0 Å². The van der Waals surface area contributed by atoms with Crippen molar-refractivity contribution in [1.82, 2.24) is 0 Å². The first-order chi connectivity index (χ1) is 9.47. The van der Waals surface area contributed by atoms with Crippen LogP contribution in [0, 0.1) is 22.9 Å². The number of benzene rings is 2. The fraction of sp³-hybridized carbons (Fsp3) is 0.143. The Morgan fingerprint density at radius 3 is 2.70 bits per heavy atom. The zero-order valence-corrected chi connectivity index (χ0v) is 11.4. The molecule has 20 heavy (non-hydrogen) atoms. The van der Waals surface area contributed by atoms with Crippen LogP contribution in [0.15, 0.2) is 36.4 Å². The van der Waals surface area contributed by atoms with Crippen LogP contribution in [0.3, 0.4) is 0 Å². The molecule has 0 aromatic heterocycles. The number of nitrogens with zero attached hydrogens (tertiary/aromatic N) is 1. The van der Waals surface area contributed by atoms with Gasteiger partial charge in [0.25, 0.3) is 5.69 Å². The van der Waals surface area contributed by atoms with Gasteiger partial charge < -0.3 is 5.32 Å². The molecule has 0 fully saturated rings. The van der Waals surface area contributed by atoms with E-state index < -0.39 is 10.7 Å². The third kappa shape index (κ3) is 3.24. The molecule has 2 rings (SSSR count). The summed E-state index contributed by atoms with van der Waals surface area (Å²) in [5.41, 5.74) is 1.87. The van der Waals surface area contributed by atoms with Crippen molar-refractivity contribution in [3.63, 3.8) is 0 Å². The van der Waals surface area contributed by atoms with Gasteiger partial charge in [-0.25, -0.2) is 4.39 Å². The van der Waals surface area contributed by atoms with E-state index >= 15 is 0 Å². The van der Waals surface area contributed by atoms with Crippen LogP contribution in [0.2, 0.25) is 5.02 Å². The topological polar surface area (TPSA) is 55.2 Å². The standard InChI is InChI=1S/C14H12ClFN2O2/c1-9-6-11(15)3-2-10(9)8-17-14-7-12(18(19)20)4-5-13(14)16/h2-7,17H,8H2,1H3. The average Bonchev–Trinajstić information content (AvgIpc) is 2.39. The number of halogens is 2. The molecule has 104 valence electrons. The first-order valence-electron chi connectivity index (χ1n) is 5.90. The Kier molecular flexibility index (Phi) is 4.20. The van der Waals surface area contributed by atoms with Gasteiger partial charge in [0.15, 0.2) is 0 Å². The summed E-state index contributed by atoms with van der Waals surface area (Å²) in [6.07, 6.45) is 0. The minimum absolute atomic E-state index is 0.105. The van der Waals surface area contributed by atoms with E-state index in [-0.39, 0.29) is 11.4 Å². The van der Waals surface area contributed by atoms with Crippen molar-refractivity contribution >= 4 is 23.0 Å². The summed E-state index contributed by atoms with van der Waals surface area (Å²) < 4.78 is 13.6. The highest BCUT2D eigenvalue weighted by Crippen LogP contribution is 2.23. The van der Waals surface area contributed by atoms with Gasteiger partial charge in [-0.3, -0.25) is 10.1 Å². The Bertz CT molecular complexity index is 662. The van der Waals surface area contributed by atoms with Gasteiger partial charge >= 0.3 is 0 Å². The second-order valence-corrected chi connectivity index (χ2v) is 4.78. The largest absolute Gasteiger partial charge is 0.378 e. The van der Waals surface area contributed by atoms with Gasteiger partial charge in [-0.15, -0.1) is 0 Å². The minimum Gasteiger partial charge on any atom is -0.378 e. The maximum Gasteiger partial charge on any atom is 0.271 e. The fourth-order valence-electron chi connectivity index (χ4n) is 1.81. The molecule has 0 amide bonds. The lowest BCUT2D eigenvalue weighted by molar-refractivity contribution is -0.384. The molecule has 0 saturated carbocycles. The molecule has 0 radical (unpaired) electrons. The molecule has 0 atom stereocenters. The van der Waals surface area contributed by atoms with E-state index in [1.165, 1.54) is 6.07 Å². The van der Waals surface area contributed by atoms with Gasteiger partial charge in [0, 0.05) is 23.7 Å². The molecule has 0 unspecified atom stereocenters. The quantitative estimate of drug-likeness (QED) is 0.675. The molecule has 2 aromatic carbocycles. The van der Waals surface area contributed by atoms with Crippen LogP contribution in [0.4, 0.5) is 15.8 Å². The van der Waals surface area contributed by atoms with E-state index in [9.17, 15) is 14.5 Å². The minimum atomic E-state index is -0.557. The number of non-ortho nitro benzene ring substituents is 1. The van der Waals surface area contributed by atoms with Crippen molar-refractivity contribution in [3.8, 4) is 0 Å². The summed E-state index contributed by atoms with van der Waals surface area (Å²) in [7, 11) is 0. The van der Waals surface area contributed by atoms with Crippen molar-refractivity contribution in [1.29, 1.82) is 0 Å². The molecule has 6 heteroatoms. The van der Waals surface area contributed by atoms with Crippen LogP contribution in [-0.4, -0.2) is 4.92 Å². The fourth-order valence-corrected chi connectivity index (χ4v) is 2.04. The van der Waals surface area contributed by atoms with Gasteiger partial charge in [0.05, 0.1) is 10.6 Å². The summed E-state index contributed by atoms with van der Waals surface area (Å²) in [5.74, 6) is -0.526. The molecular weight excluding hydrogens is 283 g/mol. The van der Waals surface area contributed by atoms with E-state index in [1.807, 2.05) is 19.1 Å². The number of nitro benzene ring substituents is 1. The molecule has 4 nitrogen and oxygen atoms in total. The zero-order valence-electron chi connectivity index (χ0n) is 10.7.